The fourth-order valence-electron chi connectivity index (χ4n) is 2.10. The monoisotopic (exact) mass is 328 g/mol. The number of amides is 1. The third kappa shape index (κ3) is 3.91. The Hall–Kier alpha value is -1.14. The van der Waals surface area contributed by atoms with Gasteiger partial charge in [0.15, 0.2) is 0 Å². The van der Waals surface area contributed by atoms with Crippen molar-refractivity contribution in [2.75, 3.05) is 13.2 Å². The minimum Gasteiger partial charge on any atom is -0.376 e. The molecule has 1 fully saturated rings. The lowest BCUT2D eigenvalue weighted by Crippen LogP contribution is -2.36. The zero-order chi connectivity index (χ0) is 13.8. The van der Waals surface area contributed by atoms with Crippen molar-refractivity contribution in [1.82, 2.24) is 9.88 Å². The van der Waals surface area contributed by atoms with Gasteiger partial charge in [-0.15, -0.1) is 0 Å². The van der Waals surface area contributed by atoms with Crippen molar-refractivity contribution in [2.45, 2.75) is 32.4 Å². The van der Waals surface area contributed by atoms with E-state index in [1.807, 2.05) is 0 Å². The summed E-state index contributed by atoms with van der Waals surface area (Å²) in [7, 11) is 0. The molecular formula is C13H17BrN2O3. The van der Waals surface area contributed by atoms with E-state index < -0.39 is 0 Å². The maximum atomic E-state index is 11.9. The Balaban J connectivity index is 1.93. The fourth-order valence-corrected chi connectivity index (χ4v) is 2.69. The summed E-state index contributed by atoms with van der Waals surface area (Å²) in [6.45, 7) is 3.05. The molecule has 0 bridgehead atoms. The maximum Gasteiger partial charge on any atom is 0.253 e. The Bertz CT molecular complexity index is 521. The maximum absolute atomic E-state index is 11.9. The molecule has 0 aliphatic carbocycles. The second-order valence-electron chi connectivity index (χ2n) is 4.71. The summed E-state index contributed by atoms with van der Waals surface area (Å²) in [5.74, 6) is -0.171. The molecule has 2 rings (SSSR count). The fraction of sp³-hybridized carbons (Fsp3) is 0.538. The Labute approximate surface area is 120 Å². The lowest BCUT2D eigenvalue weighted by Gasteiger charge is -2.12. The van der Waals surface area contributed by atoms with Gasteiger partial charge in [0.1, 0.15) is 6.54 Å². The number of ether oxygens (including phenoxy) is 1. The van der Waals surface area contributed by atoms with Crippen LogP contribution in [0.2, 0.25) is 0 Å². The van der Waals surface area contributed by atoms with E-state index in [9.17, 15) is 9.59 Å². The molecular weight excluding hydrogens is 312 g/mol. The van der Waals surface area contributed by atoms with Crippen LogP contribution in [0.1, 0.15) is 18.4 Å². The molecule has 5 nitrogen and oxygen atoms in total. The van der Waals surface area contributed by atoms with Crippen molar-refractivity contribution in [1.29, 1.82) is 0 Å². The van der Waals surface area contributed by atoms with Crippen LogP contribution in [-0.2, 0) is 16.1 Å². The Morgan fingerprint density at radius 3 is 3.11 bits per heavy atom. The third-order valence-electron chi connectivity index (χ3n) is 3.10. The number of aromatic nitrogens is 1. The minimum absolute atomic E-state index is 0.0336. The van der Waals surface area contributed by atoms with Crippen molar-refractivity contribution >= 4 is 21.8 Å². The molecule has 0 radical (unpaired) electrons. The molecule has 0 spiro atoms. The summed E-state index contributed by atoms with van der Waals surface area (Å²) in [5, 5.41) is 2.80. The highest BCUT2D eigenvalue weighted by molar-refractivity contribution is 9.10. The zero-order valence-corrected chi connectivity index (χ0v) is 12.4. The number of pyridine rings is 1. The predicted molar refractivity (Wildman–Crippen MR) is 75.1 cm³/mol. The second kappa shape index (κ2) is 6.34. The molecule has 104 valence electrons. The molecule has 1 aliphatic heterocycles. The van der Waals surface area contributed by atoms with Gasteiger partial charge in [0, 0.05) is 29.4 Å². The quantitative estimate of drug-likeness (QED) is 0.903. The Morgan fingerprint density at radius 2 is 2.42 bits per heavy atom. The molecule has 1 atom stereocenters. The number of nitrogens with one attached hydrogen (secondary N) is 1. The summed E-state index contributed by atoms with van der Waals surface area (Å²) < 4.78 is 7.62. The molecule has 1 unspecified atom stereocenters. The number of aryl methyl sites for hydroxylation is 1. The predicted octanol–water partition coefficient (Wildman–Crippen LogP) is 1.21. The largest absolute Gasteiger partial charge is 0.376 e. The van der Waals surface area contributed by atoms with E-state index in [-0.39, 0.29) is 24.1 Å². The van der Waals surface area contributed by atoms with Crippen LogP contribution in [0.15, 0.2) is 21.5 Å². The van der Waals surface area contributed by atoms with Crippen molar-refractivity contribution in [3.05, 3.63) is 32.7 Å². The number of halogens is 1. The highest BCUT2D eigenvalue weighted by atomic mass is 79.9. The van der Waals surface area contributed by atoms with E-state index in [2.05, 4.69) is 21.2 Å². The number of carbonyl (C=O) groups excluding carboxylic acids is 1. The van der Waals surface area contributed by atoms with Crippen LogP contribution in [0.5, 0.6) is 0 Å². The van der Waals surface area contributed by atoms with Crippen LogP contribution in [0.25, 0.3) is 0 Å². The van der Waals surface area contributed by atoms with Gasteiger partial charge in [-0.3, -0.25) is 9.59 Å². The molecule has 19 heavy (non-hydrogen) atoms. The van der Waals surface area contributed by atoms with Gasteiger partial charge in [0.2, 0.25) is 5.91 Å². The number of rotatable bonds is 4. The molecule has 1 amide bonds. The van der Waals surface area contributed by atoms with Crippen molar-refractivity contribution in [3.63, 3.8) is 0 Å². The van der Waals surface area contributed by atoms with Crippen LogP contribution in [-0.4, -0.2) is 29.7 Å². The molecule has 1 saturated heterocycles. The summed E-state index contributed by atoms with van der Waals surface area (Å²) >= 11 is 3.32. The van der Waals surface area contributed by atoms with Crippen LogP contribution < -0.4 is 10.9 Å². The molecule has 0 aromatic carbocycles. The van der Waals surface area contributed by atoms with Crippen LogP contribution in [0.3, 0.4) is 0 Å². The Kier molecular flexibility index (Phi) is 4.76. The lowest BCUT2D eigenvalue weighted by atomic mass is 10.2. The normalized spacial score (nSPS) is 18.5. The first-order valence-corrected chi connectivity index (χ1v) is 7.10. The van der Waals surface area contributed by atoms with Crippen LogP contribution >= 0.6 is 15.9 Å². The van der Waals surface area contributed by atoms with Gasteiger partial charge in [-0.1, -0.05) is 0 Å². The van der Waals surface area contributed by atoms with E-state index >= 15 is 0 Å². The number of hydrogen-bond acceptors (Lipinski definition) is 3. The van der Waals surface area contributed by atoms with Gasteiger partial charge < -0.3 is 14.6 Å². The number of hydrogen-bond donors (Lipinski definition) is 1. The molecule has 1 N–H and O–H groups in total. The Morgan fingerprint density at radius 1 is 1.63 bits per heavy atom. The summed E-state index contributed by atoms with van der Waals surface area (Å²) in [4.78, 5) is 23.7. The summed E-state index contributed by atoms with van der Waals surface area (Å²) in [6, 6.07) is 1.74. The molecule has 1 aromatic heterocycles. The third-order valence-corrected chi connectivity index (χ3v) is 3.53. The van der Waals surface area contributed by atoms with Gasteiger partial charge in [-0.25, -0.2) is 0 Å². The zero-order valence-electron chi connectivity index (χ0n) is 10.8. The first kappa shape index (κ1) is 14.3. The van der Waals surface area contributed by atoms with Crippen molar-refractivity contribution < 1.29 is 9.53 Å². The molecule has 6 heteroatoms. The molecule has 2 heterocycles. The summed E-state index contributed by atoms with van der Waals surface area (Å²) in [5.41, 5.74) is 0.469. The van der Waals surface area contributed by atoms with E-state index in [0.29, 0.717) is 12.1 Å². The highest BCUT2D eigenvalue weighted by Crippen LogP contribution is 2.10. The van der Waals surface area contributed by atoms with Gasteiger partial charge in [-0.2, -0.15) is 0 Å². The average molecular weight is 329 g/mol. The molecule has 1 aromatic rings. The van der Waals surface area contributed by atoms with Gasteiger partial charge >= 0.3 is 0 Å². The molecule has 1 aliphatic rings. The van der Waals surface area contributed by atoms with Gasteiger partial charge in [0.25, 0.3) is 5.56 Å². The first-order chi connectivity index (χ1) is 9.06. The molecule has 0 saturated carbocycles. The van der Waals surface area contributed by atoms with E-state index in [0.717, 1.165) is 23.9 Å². The summed E-state index contributed by atoms with van der Waals surface area (Å²) in [6.07, 6.45) is 3.77. The standard InChI is InChI=1S/C13H17BrN2O3/c1-9-5-10(14)7-16(13(9)18)8-12(17)15-6-11-3-2-4-19-11/h5,7,11H,2-4,6,8H2,1H3,(H,15,17). The number of carbonyl (C=O) groups is 1. The van der Waals surface area contributed by atoms with Crippen LogP contribution in [0, 0.1) is 6.92 Å². The second-order valence-corrected chi connectivity index (χ2v) is 5.63. The van der Waals surface area contributed by atoms with Crippen molar-refractivity contribution in [3.8, 4) is 0 Å². The van der Waals surface area contributed by atoms with Crippen LogP contribution in [0.4, 0.5) is 0 Å². The van der Waals surface area contributed by atoms with E-state index in [4.69, 9.17) is 4.74 Å². The minimum atomic E-state index is -0.171. The van der Waals surface area contributed by atoms with E-state index in [1.54, 1.807) is 19.2 Å². The highest BCUT2D eigenvalue weighted by Gasteiger charge is 2.16. The van der Waals surface area contributed by atoms with Gasteiger partial charge in [0.05, 0.1) is 6.10 Å². The lowest BCUT2D eigenvalue weighted by molar-refractivity contribution is -0.122. The topological polar surface area (TPSA) is 60.3 Å². The van der Waals surface area contributed by atoms with Crippen molar-refractivity contribution in [2.24, 2.45) is 0 Å². The SMILES string of the molecule is Cc1cc(Br)cn(CC(=O)NCC2CCCO2)c1=O. The smallest absolute Gasteiger partial charge is 0.253 e. The number of nitrogens with zero attached hydrogens (tertiary/aromatic N) is 1. The van der Waals surface area contributed by atoms with E-state index in [1.165, 1.54) is 4.57 Å². The average Bonchev–Trinajstić information content (AvgIpc) is 2.86. The van der Waals surface area contributed by atoms with Gasteiger partial charge in [-0.05, 0) is 41.8 Å². The first-order valence-electron chi connectivity index (χ1n) is 6.31.